The molecule has 0 bridgehead atoms. The molecule has 0 fully saturated rings. The van der Waals surface area contributed by atoms with E-state index in [0.717, 1.165) is 48.8 Å². The van der Waals surface area contributed by atoms with Gasteiger partial charge < -0.3 is 21.7 Å². The van der Waals surface area contributed by atoms with Crippen LogP contribution < -0.4 is 21.7 Å². The zero-order valence-electron chi connectivity index (χ0n) is 26.6. The van der Waals surface area contributed by atoms with Crippen molar-refractivity contribution in [1.82, 2.24) is 28.5 Å². The summed E-state index contributed by atoms with van der Waals surface area (Å²) in [7, 11) is 0.299. The number of halogens is 1. The van der Waals surface area contributed by atoms with Gasteiger partial charge in [-0.25, -0.2) is 53.8 Å². The number of nitrogen functional groups attached to an aromatic ring is 1. The van der Waals surface area contributed by atoms with Crippen molar-refractivity contribution in [2.45, 2.75) is 33.4 Å². The van der Waals surface area contributed by atoms with Gasteiger partial charge in [0, 0.05) is 71.2 Å². The molecule has 0 radical (unpaired) electrons. The lowest BCUT2D eigenvalue weighted by Gasteiger charge is -2.07. The molecule has 0 aromatic carbocycles. The van der Waals surface area contributed by atoms with Crippen LogP contribution in [0.1, 0.15) is 20.8 Å². The SMILES string of the molecule is CC(=O)Nc1ncc(S(=O)(=O)Cl)s1.CC(=O)Nc1ncc(S(=O)(=O)N(C)C)s1.CC(=O)Nc1nccs1.CN(C)S(=O)(=O)c1cnc(N)s1. The Bertz CT molecular complexity index is 2020. The molecule has 0 aliphatic carbocycles. The summed E-state index contributed by atoms with van der Waals surface area (Å²) in [6, 6.07) is 0. The number of hydrogen-bond acceptors (Lipinski definition) is 18. The van der Waals surface area contributed by atoms with Crippen LogP contribution >= 0.6 is 56.0 Å². The van der Waals surface area contributed by atoms with Gasteiger partial charge >= 0.3 is 0 Å². The molecule has 0 unspecified atom stereocenters. The molecule has 4 aromatic heterocycles. The van der Waals surface area contributed by atoms with Crippen LogP contribution in [0.4, 0.5) is 20.5 Å². The summed E-state index contributed by atoms with van der Waals surface area (Å²) < 4.78 is 69.9. The molecule has 0 atom stereocenters. The highest BCUT2D eigenvalue weighted by Gasteiger charge is 2.21. The van der Waals surface area contributed by atoms with Crippen LogP contribution in [0, 0.1) is 0 Å². The van der Waals surface area contributed by atoms with Crippen LogP contribution in [0.25, 0.3) is 0 Å². The van der Waals surface area contributed by atoms with Crippen LogP contribution in [0.15, 0.2) is 42.8 Å². The summed E-state index contributed by atoms with van der Waals surface area (Å²) in [6.07, 6.45) is 5.23. The van der Waals surface area contributed by atoms with Gasteiger partial charge in [-0.15, -0.1) is 11.3 Å². The number of carbonyl (C=O) groups is 3. The van der Waals surface area contributed by atoms with Crippen molar-refractivity contribution in [3.63, 3.8) is 0 Å². The van der Waals surface area contributed by atoms with Gasteiger partial charge in [0.15, 0.2) is 33.2 Å². The molecule has 4 aromatic rings. The predicted molar refractivity (Wildman–Crippen MR) is 191 cm³/mol. The zero-order valence-corrected chi connectivity index (χ0v) is 33.0. The maximum absolute atomic E-state index is 11.6. The van der Waals surface area contributed by atoms with Gasteiger partial charge in [0.2, 0.25) is 17.7 Å². The number of rotatable bonds is 8. The molecule has 0 saturated carbocycles. The summed E-state index contributed by atoms with van der Waals surface area (Å²) >= 11 is 4.10. The summed E-state index contributed by atoms with van der Waals surface area (Å²) in [5.74, 6) is -0.670. The Morgan fingerprint density at radius 3 is 1.37 bits per heavy atom. The van der Waals surface area contributed by atoms with E-state index in [0.29, 0.717) is 5.13 Å². The Balaban J connectivity index is 0.000000331. The Kier molecular flexibility index (Phi) is 17.2. The summed E-state index contributed by atoms with van der Waals surface area (Å²) in [4.78, 5) is 46.5. The summed E-state index contributed by atoms with van der Waals surface area (Å²) in [5, 5.41) is 10.5. The van der Waals surface area contributed by atoms with Crippen LogP contribution in [-0.2, 0) is 43.5 Å². The lowest BCUT2D eigenvalue weighted by molar-refractivity contribution is -0.115. The van der Waals surface area contributed by atoms with Gasteiger partial charge in [-0.3, -0.25) is 14.4 Å². The number of carbonyl (C=O) groups excluding carboxylic acids is 3. The fourth-order valence-corrected chi connectivity index (χ4v) is 9.08. The average Bonchev–Trinajstić information content (AvgIpc) is 3.77. The van der Waals surface area contributed by atoms with Crippen LogP contribution in [0.3, 0.4) is 0 Å². The highest BCUT2D eigenvalue weighted by Crippen LogP contribution is 2.26. The first kappa shape index (κ1) is 43.8. The number of thiazole rings is 4. The second kappa shape index (κ2) is 19.3. The van der Waals surface area contributed by atoms with E-state index in [9.17, 15) is 39.6 Å². The zero-order chi connectivity index (χ0) is 37.7. The van der Waals surface area contributed by atoms with Crippen molar-refractivity contribution < 1.29 is 39.6 Å². The predicted octanol–water partition coefficient (Wildman–Crippen LogP) is 2.46. The number of amides is 3. The minimum Gasteiger partial charge on any atom is -0.375 e. The van der Waals surface area contributed by atoms with Gasteiger partial charge in [0.1, 0.15) is 0 Å². The quantitative estimate of drug-likeness (QED) is 0.186. The number of anilines is 4. The monoisotopic (exact) mass is 838 g/mol. The largest absolute Gasteiger partial charge is 0.375 e. The number of aromatic nitrogens is 4. The lowest BCUT2D eigenvalue weighted by Crippen LogP contribution is -2.21. The van der Waals surface area contributed by atoms with Crippen LogP contribution in [-0.4, -0.2) is 99.7 Å². The first-order valence-corrected chi connectivity index (χ1v) is 21.1. The fraction of sp³-hybridized carbons (Fsp3) is 0.318. The number of hydrogen-bond donors (Lipinski definition) is 4. The minimum absolute atomic E-state index is 0.0787. The number of sulfonamides is 2. The maximum Gasteiger partial charge on any atom is 0.272 e. The van der Waals surface area contributed by atoms with E-state index in [2.05, 4.69) is 35.9 Å². The van der Waals surface area contributed by atoms with Crippen molar-refractivity contribution in [2.24, 2.45) is 0 Å². The molecule has 3 amide bonds. The van der Waals surface area contributed by atoms with Crippen molar-refractivity contribution >= 4 is 123 Å². The second-order valence-corrected chi connectivity index (χ2v) is 20.4. The van der Waals surface area contributed by atoms with E-state index in [1.165, 1.54) is 72.7 Å². The lowest BCUT2D eigenvalue weighted by atomic mass is 10.7. The van der Waals surface area contributed by atoms with E-state index >= 15 is 0 Å². The molecule has 4 rings (SSSR count). The van der Waals surface area contributed by atoms with Crippen molar-refractivity contribution in [3.05, 3.63) is 30.2 Å². The molecule has 0 aliphatic rings. The van der Waals surface area contributed by atoms with E-state index in [-0.39, 0.29) is 45.7 Å². The van der Waals surface area contributed by atoms with Gasteiger partial charge in [-0.05, 0) is 0 Å². The van der Waals surface area contributed by atoms with Crippen LogP contribution in [0.5, 0.6) is 0 Å². The average molecular weight is 839 g/mol. The summed E-state index contributed by atoms with van der Waals surface area (Å²) in [6.45, 7) is 4.10. The van der Waals surface area contributed by atoms with E-state index < -0.39 is 29.1 Å². The van der Waals surface area contributed by atoms with E-state index in [1.807, 2.05) is 5.38 Å². The molecule has 0 spiro atoms. The second-order valence-electron chi connectivity index (χ2n) is 8.88. The van der Waals surface area contributed by atoms with Gasteiger partial charge in [0.25, 0.3) is 29.1 Å². The summed E-state index contributed by atoms with van der Waals surface area (Å²) in [5.41, 5.74) is 5.30. The van der Waals surface area contributed by atoms with Gasteiger partial charge in [-0.2, -0.15) is 0 Å². The Labute approximate surface area is 303 Å². The normalized spacial score (nSPS) is 11.2. The van der Waals surface area contributed by atoms with E-state index in [1.54, 1.807) is 6.20 Å². The molecular formula is C22H31ClN10O9S7. The highest BCUT2D eigenvalue weighted by atomic mass is 35.7. The van der Waals surface area contributed by atoms with Gasteiger partial charge in [0.05, 0.1) is 18.6 Å². The first-order chi connectivity index (χ1) is 22.5. The molecule has 0 aliphatic heterocycles. The third-order valence-corrected chi connectivity index (χ3v) is 14.4. The molecule has 49 heavy (non-hydrogen) atoms. The van der Waals surface area contributed by atoms with Gasteiger partial charge in [-0.1, -0.05) is 34.0 Å². The van der Waals surface area contributed by atoms with E-state index in [4.69, 9.17) is 16.4 Å². The minimum atomic E-state index is -3.74. The molecule has 0 saturated heterocycles. The molecular weight excluding hydrogens is 808 g/mol. The first-order valence-electron chi connectivity index (χ1n) is 12.6. The molecule has 272 valence electrons. The smallest absolute Gasteiger partial charge is 0.272 e. The van der Waals surface area contributed by atoms with Crippen molar-refractivity contribution in [1.29, 1.82) is 0 Å². The Morgan fingerprint density at radius 1 is 0.653 bits per heavy atom. The molecule has 4 heterocycles. The number of nitrogens with zero attached hydrogens (tertiary/aromatic N) is 6. The third kappa shape index (κ3) is 15.5. The Morgan fingerprint density at radius 2 is 1.04 bits per heavy atom. The highest BCUT2D eigenvalue weighted by molar-refractivity contribution is 8.15. The topological polar surface area (TPSA) is 274 Å². The molecule has 19 nitrogen and oxygen atoms in total. The van der Waals surface area contributed by atoms with Crippen LogP contribution in [0.2, 0.25) is 0 Å². The number of nitrogens with two attached hydrogens (primary N) is 1. The van der Waals surface area contributed by atoms with Crippen molar-refractivity contribution in [2.75, 3.05) is 49.9 Å². The van der Waals surface area contributed by atoms with Crippen molar-refractivity contribution in [3.8, 4) is 0 Å². The third-order valence-electron chi connectivity index (χ3n) is 4.46. The Hall–Kier alpha value is -3.21. The standard InChI is InChI=1S/C7H11N3O3S2.C5H5ClN2O3S2.C5H9N3O2S2.C5H6N2OS/c1-5(11)9-7-8-4-6(14-7)15(12,13)10(2)3;1-3(9)8-5-7-2-4(12-5)13(6,10)11;1-8(2)12(9,10)4-3-7-5(6)11-4;1-4(8)7-5-6-2-3-9-5/h4H,1-3H3,(H,8,9,11);2H,1H3,(H,7,8,9);3H,1-2H3,(H2,6,7);2-3H,1H3,(H,6,7,8). The maximum atomic E-state index is 11.6. The fourth-order valence-electron chi connectivity index (χ4n) is 2.35. The number of nitrogens with one attached hydrogen (secondary N) is 3. The molecule has 27 heteroatoms. The molecule has 5 N–H and O–H groups in total.